The molecular weight excluding hydrogens is 236 g/mol. The summed E-state index contributed by atoms with van der Waals surface area (Å²) in [6.07, 6.45) is 1.51. The Labute approximate surface area is 106 Å². The second-order valence-electron chi connectivity index (χ2n) is 3.90. The van der Waals surface area contributed by atoms with Crippen LogP contribution < -0.4 is 5.32 Å². The molecule has 1 aromatic heterocycles. The molecule has 0 aliphatic rings. The Bertz CT molecular complexity index is 414. The van der Waals surface area contributed by atoms with Gasteiger partial charge in [0.2, 0.25) is 5.91 Å². The number of hydrogen-bond acceptors (Lipinski definition) is 3. The number of carbonyl (C=O) groups is 2. The van der Waals surface area contributed by atoms with Crippen molar-refractivity contribution < 1.29 is 19.4 Å². The Morgan fingerprint density at radius 1 is 1.56 bits per heavy atom. The van der Waals surface area contributed by atoms with Gasteiger partial charge in [-0.2, -0.15) is 0 Å². The number of aromatic carboxylic acids is 1. The van der Waals surface area contributed by atoms with Gasteiger partial charge >= 0.3 is 5.97 Å². The highest BCUT2D eigenvalue weighted by Gasteiger charge is 2.12. The van der Waals surface area contributed by atoms with E-state index >= 15 is 0 Å². The molecule has 1 atom stereocenters. The van der Waals surface area contributed by atoms with Crippen LogP contribution in [0.5, 0.6) is 0 Å². The molecule has 1 aromatic rings. The molecule has 6 nitrogen and oxygen atoms in total. The largest absolute Gasteiger partial charge is 0.477 e. The van der Waals surface area contributed by atoms with E-state index in [-0.39, 0.29) is 24.2 Å². The molecular formula is C12H18N2O4. The summed E-state index contributed by atoms with van der Waals surface area (Å²) in [4.78, 5) is 22.5. The van der Waals surface area contributed by atoms with Crippen molar-refractivity contribution in [2.75, 3.05) is 13.2 Å². The molecule has 100 valence electrons. The highest BCUT2D eigenvalue weighted by molar-refractivity contribution is 5.86. The van der Waals surface area contributed by atoms with Crippen LogP contribution in [-0.4, -0.2) is 40.8 Å². The fourth-order valence-electron chi connectivity index (χ4n) is 1.56. The summed E-state index contributed by atoms with van der Waals surface area (Å²) in [7, 11) is 0. The lowest BCUT2D eigenvalue weighted by atomic mass is 10.4. The molecule has 0 radical (unpaired) electrons. The number of carboxylic acid groups (broad SMARTS) is 1. The van der Waals surface area contributed by atoms with Gasteiger partial charge in [-0.3, -0.25) is 4.79 Å². The highest BCUT2D eigenvalue weighted by atomic mass is 16.5. The Morgan fingerprint density at radius 3 is 2.89 bits per heavy atom. The number of hydrogen-bond donors (Lipinski definition) is 2. The minimum absolute atomic E-state index is 0.00647. The molecule has 0 spiro atoms. The molecule has 0 bridgehead atoms. The third-order valence-corrected chi connectivity index (χ3v) is 2.40. The molecule has 1 amide bonds. The number of carbonyl (C=O) groups excluding carboxylic acids is 1. The Kier molecular flexibility index (Phi) is 5.38. The molecule has 0 saturated carbocycles. The topological polar surface area (TPSA) is 80.6 Å². The second-order valence-corrected chi connectivity index (χ2v) is 3.90. The molecule has 1 rings (SSSR count). The van der Waals surface area contributed by atoms with Crippen molar-refractivity contribution in [3.05, 3.63) is 24.0 Å². The van der Waals surface area contributed by atoms with Gasteiger partial charge in [0.15, 0.2) is 0 Å². The molecule has 1 heterocycles. The van der Waals surface area contributed by atoms with Gasteiger partial charge in [0.25, 0.3) is 0 Å². The van der Waals surface area contributed by atoms with E-state index in [9.17, 15) is 9.59 Å². The van der Waals surface area contributed by atoms with Crippen LogP contribution in [0.1, 0.15) is 24.3 Å². The van der Waals surface area contributed by atoms with Crippen molar-refractivity contribution >= 4 is 11.9 Å². The number of carboxylic acids is 1. The van der Waals surface area contributed by atoms with E-state index in [2.05, 4.69) is 5.32 Å². The SMILES string of the molecule is CCOC(C)CNC(=O)Cn1cccc1C(=O)O. The maximum atomic E-state index is 11.6. The molecule has 0 aliphatic heterocycles. The van der Waals surface area contributed by atoms with E-state index in [1.807, 2.05) is 13.8 Å². The maximum Gasteiger partial charge on any atom is 0.352 e. The normalized spacial score (nSPS) is 12.1. The number of nitrogens with one attached hydrogen (secondary N) is 1. The summed E-state index contributed by atoms with van der Waals surface area (Å²) in [6, 6.07) is 3.05. The van der Waals surface area contributed by atoms with E-state index in [0.29, 0.717) is 13.2 Å². The Hall–Kier alpha value is -1.82. The molecule has 0 aliphatic carbocycles. The zero-order valence-corrected chi connectivity index (χ0v) is 10.5. The van der Waals surface area contributed by atoms with Crippen LogP contribution in [0, 0.1) is 0 Å². The highest BCUT2D eigenvalue weighted by Crippen LogP contribution is 2.01. The number of nitrogens with zero attached hydrogens (tertiary/aromatic N) is 1. The van der Waals surface area contributed by atoms with Gasteiger partial charge in [0, 0.05) is 19.3 Å². The van der Waals surface area contributed by atoms with Gasteiger partial charge in [-0.25, -0.2) is 4.79 Å². The van der Waals surface area contributed by atoms with Gasteiger partial charge in [0.05, 0.1) is 6.10 Å². The van der Waals surface area contributed by atoms with Crippen LogP contribution >= 0.6 is 0 Å². The van der Waals surface area contributed by atoms with Crippen LogP contribution in [0.2, 0.25) is 0 Å². The van der Waals surface area contributed by atoms with Gasteiger partial charge in [0.1, 0.15) is 12.2 Å². The molecule has 0 aromatic carbocycles. The molecule has 2 N–H and O–H groups in total. The summed E-state index contributed by atoms with van der Waals surface area (Å²) in [5.74, 6) is -1.28. The number of rotatable bonds is 7. The summed E-state index contributed by atoms with van der Waals surface area (Å²) in [5, 5.41) is 11.6. The van der Waals surface area contributed by atoms with Crippen molar-refractivity contribution in [3.8, 4) is 0 Å². The Balaban J connectivity index is 2.45. The zero-order valence-electron chi connectivity index (χ0n) is 10.5. The van der Waals surface area contributed by atoms with Gasteiger partial charge in [-0.15, -0.1) is 0 Å². The van der Waals surface area contributed by atoms with E-state index in [0.717, 1.165) is 0 Å². The minimum atomic E-state index is -1.05. The van der Waals surface area contributed by atoms with E-state index in [1.165, 1.54) is 10.6 Å². The van der Waals surface area contributed by atoms with Crippen LogP contribution in [-0.2, 0) is 16.1 Å². The van der Waals surface area contributed by atoms with E-state index in [1.54, 1.807) is 12.3 Å². The lowest BCUT2D eigenvalue weighted by molar-refractivity contribution is -0.122. The molecule has 6 heteroatoms. The third kappa shape index (κ3) is 4.21. The fourth-order valence-corrected chi connectivity index (χ4v) is 1.56. The number of ether oxygens (including phenoxy) is 1. The van der Waals surface area contributed by atoms with Crippen molar-refractivity contribution in [2.24, 2.45) is 0 Å². The molecule has 0 saturated heterocycles. The molecule has 1 unspecified atom stereocenters. The standard InChI is InChI=1S/C12H18N2O4/c1-3-18-9(2)7-13-11(15)8-14-6-4-5-10(14)12(16)17/h4-6,9H,3,7-8H2,1-2H3,(H,13,15)(H,16,17). The average molecular weight is 254 g/mol. The number of aromatic nitrogens is 1. The summed E-state index contributed by atoms with van der Waals surface area (Å²) < 4.78 is 6.67. The van der Waals surface area contributed by atoms with Crippen molar-refractivity contribution in [1.82, 2.24) is 9.88 Å². The Morgan fingerprint density at radius 2 is 2.28 bits per heavy atom. The molecule has 18 heavy (non-hydrogen) atoms. The second kappa shape index (κ2) is 6.80. The maximum absolute atomic E-state index is 11.6. The van der Waals surface area contributed by atoms with Crippen LogP contribution in [0.3, 0.4) is 0 Å². The lowest BCUT2D eigenvalue weighted by Gasteiger charge is -2.13. The smallest absolute Gasteiger partial charge is 0.352 e. The molecule has 0 fully saturated rings. The van der Waals surface area contributed by atoms with Gasteiger partial charge in [-0.1, -0.05) is 0 Å². The van der Waals surface area contributed by atoms with Crippen LogP contribution in [0.4, 0.5) is 0 Å². The monoisotopic (exact) mass is 254 g/mol. The first kappa shape index (κ1) is 14.2. The van der Waals surface area contributed by atoms with Crippen LogP contribution in [0.15, 0.2) is 18.3 Å². The third-order valence-electron chi connectivity index (χ3n) is 2.40. The quantitative estimate of drug-likeness (QED) is 0.751. The first-order chi connectivity index (χ1) is 8.54. The van der Waals surface area contributed by atoms with Crippen molar-refractivity contribution in [3.63, 3.8) is 0 Å². The van der Waals surface area contributed by atoms with E-state index in [4.69, 9.17) is 9.84 Å². The summed E-state index contributed by atoms with van der Waals surface area (Å²) in [5.41, 5.74) is 0.100. The predicted molar refractivity (Wildman–Crippen MR) is 65.5 cm³/mol. The van der Waals surface area contributed by atoms with Crippen LogP contribution in [0.25, 0.3) is 0 Å². The fraction of sp³-hybridized carbons (Fsp3) is 0.500. The number of amides is 1. The van der Waals surface area contributed by atoms with Gasteiger partial charge in [-0.05, 0) is 26.0 Å². The zero-order chi connectivity index (χ0) is 13.5. The van der Waals surface area contributed by atoms with E-state index < -0.39 is 5.97 Å². The van der Waals surface area contributed by atoms with Crippen molar-refractivity contribution in [1.29, 1.82) is 0 Å². The predicted octanol–water partition coefficient (Wildman–Crippen LogP) is 0.727. The minimum Gasteiger partial charge on any atom is -0.477 e. The average Bonchev–Trinajstić information content (AvgIpc) is 2.75. The van der Waals surface area contributed by atoms with Crippen molar-refractivity contribution in [2.45, 2.75) is 26.5 Å². The summed E-state index contributed by atoms with van der Waals surface area (Å²) >= 11 is 0. The summed E-state index contributed by atoms with van der Waals surface area (Å²) in [6.45, 7) is 4.75. The lowest BCUT2D eigenvalue weighted by Crippen LogP contribution is -2.34. The van der Waals surface area contributed by atoms with Gasteiger partial charge < -0.3 is 19.7 Å². The first-order valence-corrected chi connectivity index (χ1v) is 5.81. The first-order valence-electron chi connectivity index (χ1n) is 5.81.